The summed E-state index contributed by atoms with van der Waals surface area (Å²) in [5.74, 6) is 2.31. The van der Waals surface area contributed by atoms with E-state index in [2.05, 4.69) is 27.4 Å². The van der Waals surface area contributed by atoms with Crippen molar-refractivity contribution in [3.8, 4) is 34.7 Å². The minimum absolute atomic E-state index is 0. The summed E-state index contributed by atoms with van der Waals surface area (Å²) in [6, 6.07) is 30.7. The van der Waals surface area contributed by atoms with Crippen LogP contribution in [0, 0.1) is 50.4 Å². The van der Waals surface area contributed by atoms with Crippen LogP contribution in [0.3, 0.4) is 0 Å². The number of aromatic carboxylic acids is 1. The number of benzene rings is 4. The summed E-state index contributed by atoms with van der Waals surface area (Å²) in [6.45, 7) is 25.2. The van der Waals surface area contributed by atoms with Gasteiger partial charge in [0.2, 0.25) is 0 Å². The largest absolute Gasteiger partial charge is 0.478 e. The van der Waals surface area contributed by atoms with Crippen LogP contribution in [-0.2, 0) is 9.47 Å². The first-order valence-electron chi connectivity index (χ1n) is 28.0. The third kappa shape index (κ3) is 15.3. The number of H-pyrrole nitrogens is 2. The Kier molecular flexibility index (Phi) is 19.8. The van der Waals surface area contributed by atoms with Crippen molar-refractivity contribution >= 4 is 36.5 Å². The van der Waals surface area contributed by atoms with E-state index in [-0.39, 0.29) is 47.9 Å². The van der Waals surface area contributed by atoms with E-state index in [0.717, 1.165) is 107 Å². The molecule has 0 radical (unpaired) electrons. The maximum absolute atomic E-state index is 13.3. The molecule has 4 aliphatic rings. The first-order valence-corrected chi connectivity index (χ1v) is 28.0. The van der Waals surface area contributed by atoms with Gasteiger partial charge in [0.05, 0.1) is 40.2 Å². The lowest BCUT2D eigenvalue weighted by molar-refractivity contribution is 0.0193. The minimum atomic E-state index is -0.950. The van der Waals surface area contributed by atoms with Crippen molar-refractivity contribution in [2.24, 2.45) is 0 Å². The molecule has 4 saturated heterocycles. The van der Waals surface area contributed by atoms with Crippen molar-refractivity contribution in [2.45, 2.75) is 130 Å². The number of nitrogens with zero attached hydrogens (tertiary/aromatic N) is 7. The first-order chi connectivity index (χ1) is 38.5. The molecule has 432 valence electrons. The average molecular weight is 1130 g/mol. The molecule has 4 fully saturated rings. The predicted octanol–water partition coefficient (Wildman–Crippen LogP) is 12.1. The number of hydrogen-bond donors (Lipinski definition) is 4. The molecule has 10 rings (SSSR count). The summed E-state index contributed by atoms with van der Waals surface area (Å²) in [4.78, 5) is 71.4. The van der Waals surface area contributed by atoms with Gasteiger partial charge in [-0.15, -0.1) is 12.4 Å². The van der Waals surface area contributed by atoms with E-state index >= 15 is 0 Å². The number of carbonyl (C=O) groups is 4. The predicted molar refractivity (Wildman–Crippen MR) is 317 cm³/mol. The highest BCUT2D eigenvalue weighted by Gasteiger charge is 2.34. The van der Waals surface area contributed by atoms with Gasteiger partial charge in [-0.2, -0.15) is 10.5 Å². The van der Waals surface area contributed by atoms with Crippen LogP contribution >= 0.6 is 12.4 Å². The molecule has 0 saturated carbocycles. The Morgan fingerprint density at radius 2 is 0.951 bits per heavy atom. The molecule has 4 aromatic carbocycles. The number of halogens is 1. The summed E-state index contributed by atoms with van der Waals surface area (Å²) in [6.07, 6.45) is 2.72. The van der Waals surface area contributed by atoms with E-state index in [4.69, 9.17) is 30.0 Å². The summed E-state index contributed by atoms with van der Waals surface area (Å²) in [7, 11) is 0. The van der Waals surface area contributed by atoms with Crippen molar-refractivity contribution in [1.29, 1.82) is 10.5 Å². The standard InChI is InChI=1S/C32H37N5O3.C22H29N3O4.C10H10N2.ClH/c1-20-6-9-25(30(38)37-18-26(19-37)23-10-7-22(17-33)8-11-23)16-27(20)28-21(2)34-29(35-28)24-12-14-36(15-13-24)31(39)40-32(3,4)5;1-13-6-7-16(20(26)27)12-17(13)18-14(2)23-19(24-18)15-8-10-25(11-9-15)21(28)29-22(3,4)5;11-5-8-1-3-9(4-2-8)10-6-12-7-10;/h6-11,16,24,26H,12-15,18-19H2,1-5H3,(H,34,35);6-7,12,15H,8-11H2,1-5H3,(H,23,24)(H,26,27);1-4,10,12H,6-7H2;1H. The van der Waals surface area contributed by atoms with Crippen LogP contribution in [0.2, 0.25) is 0 Å². The molecule has 6 aromatic rings. The number of carboxylic acids is 1. The van der Waals surface area contributed by atoms with Gasteiger partial charge in [0.25, 0.3) is 5.91 Å². The number of aromatic nitrogens is 4. The molecule has 0 bridgehead atoms. The van der Waals surface area contributed by atoms with Crippen LogP contribution < -0.4 is 5.32 Å². The van der Waals surface area contributed by atoms with Crippen molar-refractivity contribution < 1.29 is 33.8 Å². The molecule has 0 aliphatic carbocycles. The van der Waals surface area contributed by atoms with Crippen LogP contribution in [-0.4, -0.2) is 127 Å². The number of hydrogen-bond acceptors (Lipinski definition) is 11. The summed E-state index contributed by atoms with van der Waals surface area (Å²) >= 11 is 0. The molecule has 0 unspecified atom stereocenters. The van der Waals surface area contributed by atoms with Gasteiger partial charge in [0, 0.05) is 104 Å². The lowest BCUT2D eigenvalue weighted by atomic mass is 9.90. The number of amides is 3. The highest BCUT2D eigenvalue weighted by Crippen LogP contribution is 2.36. The van der Waals surface area contributed by atoms with Crippen molar-refractivity contribution in [1.82, 2.24) is 40.0 Å². The number of rotatable bonds is 8. The van der Waals surface area contributed by atoms with Crippen molar-refractivity contribution in [3.63, 3.8) is 0 Å². The number of imidazole rings is 2. The Labute approximate surface area is 487 Å². The fraction of sp³-hybridized carbons (Fsp3) is 0.438. The number of nitriles is 2. The number of likely N-dealkylation sites (tertiary alicyclic amines) is 3. The SMILES string of the molecule is Cc1ccc(C(=O)N2CC(c3ccc(C#N)cc3)C2)cc1-c1nc(C2CCN(C(=O)OC(C)(C)C)CC2)[nH]c1C.Cc1ccc(C(=O)O)cc1-c1nc(C2CCN(C(=O)OC(C)(C)C)CC2)[nH]c1C.Cl.N#Cc1ccc(C2CNC2)cc1. The topological polar surface area (TPSA) is 234 Å². The molecular weight excluding hydrogens is 1060 g/mol. The molecule has 6 heterocycles. The van der Waals surface area contributed by atoms with E-state index in [9.17, 15) is 24.3 Å². The molecule has 0 spiro atoms. The fourth-order valence-electron chi connectivity index (χ4n) is 10.4. The Balaban J connectivity index is 0.000000200. The van der Waals surface area contributed by atoms with Gasteiger partial charge >= 0.3 is 18.2 Å². The Morgan fingerprint density at radius 1 is 0.561 bits per heavy atom. The quantitative estimate of drug-likeness (QED) is 0.111. The minimum Gasteiger partial charge on any atom is -0.478 e. The van der Waals surface area contributed by atoms with Gasteiger partial charge in [-0.05, 0) is 166 Å². The van der Waals surface area contributed by atoms with E-state index < -0.39 is 17.2 Å². The van der Waals surface area contributed by atoms with Crippen molar-refractivity contribution in [2.75, 3.05) is 52.4 Å². The maximum atomic E-state index is 13.3. The zero-order valence-electron chi connectivity index (χ0n) is 48.8. The van der Waals surface area contributed by atoms with Gasteiger partial charge in [-0.1, -0.05) is 36.4 Å². The number of nitrogens with one attached hydrogen (secondary N) is 3. The van der Waals surface area contributed by atoms with Crippen LogP contribution in [0.5, 0.6) is 0 Å². The first kappa shape index (κ1) is 61.6. The van der Waals surface area contributed by atoms with E-state index in [1.807, 2.05) is 147 Å². The van der Waals surface area contributed by atoms with Crippen LogP contribution in [0.25, 0.3) is 22.5 Å². The number of aromatic amines is 2. The number of ether oxygens (including phenoxy) is 2. The molecular formula is C64H77ClN10O7. The highest BCUT2D eigenvalue weighted by atomic mass is 35.5. The third-order valence-corrected chi connectivity index (χ3v) is 15.3. The van der Waals surface area contributed by atoms with E-state index in [1.165, 1.54) is 5.56 Å². The third-order valence-electron chi connectivity index (χ3n) is 15.3. The summed E-state index contributed by atoms with van der Waals surface area (Å²) < 4.78 is 11.0. The molecule has 4 N–H and O–H groups in total. The highest BCUT2D eigenvalue weighted by molar-refractivity contribution is 5.96. The zero-order valence-corrected chi connectivity index (χ0v) is 49.6. The van der Waals surface area contributed by atoms with Crippen molar-refractivity contribution in [3.05, 3.63) is 152 Å². The Bertz CT molecular complexity index is 3320. The van der Waals surface area contributed by atoms with Gasteiger partial charge < -0.3 is 44.6 Å². The molecule has 82 heavy (non-hydrogen) atoms. The van der Waals surface area contributed by atoms with E-state index in [1.54, 1.807) is 21.9 Å². The zero-order chi connectivity index (χ0) is 58.3. The van der Waals surface area contributed by atoms with Gasteiger partial charge in [-0.3, -0.25) is 4.79 Å². The second kappa shape index (κ2) is 26.3. The van der Waals surface area contributed by atoms with Crippen LogP contribution in [0.15, 0.2) is 84.9 Å². The Hall–Kier alpha value is -7.99. The lowest BCUT2D eigenvalue weighted by Crippen LogP contribution is -2.48. The van der Waals surface area contributed by atoms with Gasteiger partial charge in [0.15, 0.2) is 0 Å². The second-order valence-corrected chi connectivity index (χ2v) is 23.8. The molecule has 4 aliphatic heterocycles. The number of aryl methyl sites for hydroxylation is 4. The van der Waals surface area contributed by atoms with Crippen LogP contribution in [0.1, 0.15) is 168 Å². The number of carbonyl (C=O) groups excluding carboxylic acids is 3. The van der Waals surface area contributed by atoms with E-state index in [0.29, 0.717) is 62.2 Å². The van der Waals surface area contributed by atoms with Gasteiger partial charge in [-0.25, -0.2) is 24.4 Å². The number of piperidine rings is 2. The van der Waals surface area contributed by atoms with Gasteiger partial charge in [0.1, 0.15) is 22.9 Å². The normalized spacial score (nSPS) is 15.9. The lowest BCUT2D eigenvalue weighted by Gasteiger charge is -2.39. The Morgan fingerprint density at radius 3 is 1.32 bits per heavy atom. The molecule has 3 amide bonds. The molecule has 17 nitrogen and oxygen atoms in total. The number of carboxylic acid groups (broad SMARTS) is 1. The average Bonchev–Trinajstić information content (AvgIpc) is 4.09. The smallest absolute Gasteiger partial charge is 0.410 e. The second-order valence-electron chi connectivity index (χ2n) is 23.8. The summed E-state index contributed by atoms with van der Waals surface area (Å²) in [5, 5.41) is 30.1. The molecule has 2 aromatic heterocycles. The summed E-state index contributed by atoms with van der Waals surface area (Å²) in [5.41, 5.74) is 11.2. The monoisotopic (exact) mass is 1130 g/mol. The maximum Gasteiger partial charge on any atom is 0.410 e. The molecule has 0 atom stereocenters. The fourth-order valence-corrected chi connectivity index (χ4v) is 10.4. The molecule has 18 heteroatoms. The van der Waals surface area contributed by atoms with Crippen LogP contribution in [0.4, 0.5) is 9.59 Å².